The minimum Gasteiger partial charge on any atom is -0.456 e. The van der Waals surface area contributed by atoms with Gasteiger partial charge in [0.15, 0.2) is 11.6 Å². The third-order valence-electron chi connectivity index (χ3n) is 15.2. The molecule has 0 radical (unpaired) electrons. The van der Waals surface area contributed by atoms with Crippen molar-refractivity contribution in [2.24, 2.45) is 0 Å². The fourth-order valence-electron chi connectivity index (χ4n) is 11.8. The number of nitrogens with zero attached hydrogens (tertiary/aromatic N) is 5. The average Bonchev–Trinajstić information content (AvgIpc) is 4.16. The van der Waals surface area contributed by atoms with Gasteiger partial charge in [-0.05, 0) is 99.6 Å². The molecule has 0 N–H and O–H groups in total. The van der Waals surface area contributed by atoms with Gasteiger partial charge in [0.05, 0.1) is 22.1 Å². The van der Waals surface area contributed by atoms with Crippen molar-refractivity contribution < 1.29 is 4.42 Å². The van der Waals surface area contributed by atoms with Gasteiger partial charge in [-0.3, -0.25) is 4.57 Å². The van der Waals surface area contributed by atoms with Crippen LogP contribution in [0.4, 0.5) is 0 Å². The Morgan fingerprint density at radius 1 is 0.375 bits per heavy atom. The standard InChI is InChI=1S/C66H43N5O/c1-66(2)53-26-14-12-24-49(53)61-54(66)33-32-48-51-37-42(29-34-57(51)71(62(48)61)65-68-63(40-17-6-3-7-18-40)67-64(69-65)41-19-8-4-9-20-41)43-31-36-58-52(38-43)60-46(25-16-28-59(60)72-58)44-30-35-56-50(39-44)47-23-13-15-27-55(47)70(56)45-21-10-5-11-22-45/h3-39H,1-2H3. The van der Waals surface area contributed by atoms with E-state index in [2.05, 4.69) is 211 Å². The monoisotopic (exact) mass is 921 g/mol. The van der Waals surface area contributed by atoms with E-state index in [0.29, 0.717) is 17.6 Å². The molecule has 338 valence electrons. The minimum absolute atomic E-state index is 0.204. The second-order valence-corrected chi connectivity index (χ2v) is 19.5. The van der Waals surface area contributed by atoms with Gasteiger partial charge in [0.2, 0.25) is 5.95 Å². The zero-order valence-electron chi connectivity index (χ0n) is 39.5. The second-order valence-electron chi connectivity index (χ2n) is 19.5. The van der Waals surface area contributed by atoms with Crippen molar-refractivity contribution in [2.45, 2.75) is 19.3 Å². The normalized spacial score (nSPS) is 13.0. The third-order valence-corrected chi connectivity index (χ3v) is 15.2. The van der Waals surface area contributed by atoms with E-state index < -0.39 is 0 Å². The Kier molecular flexibility index (Phi) is 8.61. The molecular weight excluding hydrogens is 879 g/mol. The van der Waals surface area contributed by atoms with Crippen molar-refractivity contribution in [1.82, 2.24) is 24.1 Å². The Morgan fingerprint density at radius 2 is 0.958 bits per heavy atom. The van der Waals surface area contributed by atoms with Gasteiger partial charge in [-0.15, -0.1) is 0 Å². The van der Waals surface area contributed by atoms with Gasteiger partial charge in [0.1, 0.15) is 11.2 Å². The van der Waals surface area contributed by atoms with E-state index in [1.54, 1.807) is 0 Å². The SMILES string of the molecule is CC1(C)c2ccccc2-c2c1ccc1c3cc(-c4ccc5oc6cccc(-c7ccc8c(c7)c7ccccc7n8-c7ccccc7)c6c5c4)ccc3n(-c3nc(-c4ccccc4)nc(-c4ccccc4)n3)c21. The lowest BCUT2D eigenvalue weighted by molar-refractivity contribution is 0.660. The third kappa shape index (κ3) is 5.93. The van der Waals surface area contributed by atoms with Gasteiger partial charge in [0.25, 0.3) is 0 Å². The number of aromatic nitrogens is 5. The maximum Gasteiger partial charge on any atom is 0.238 e. The summed E-state index contributed by atoms with van der Waals surface area (Å²) in [6.45, 7) is 4.67. The molecule has 0 bridgehead atoms. The van der Waals surface area contributed by atoms with E-state index in [1.807, 2.05) is 36.4 Å². The molecule has 1 aliphatic carbocycles. The summed E-state index contributed by atoms with van der Waals surface area (Å²) in [7, 11) is 0. The Morgan fingerprint density at radius 3 is 1.72 bits per heavy atom. The van der Waals surface area contributed by atoms with Crippen molar-refractivity contribution in [2.75, 3.05) is 0 Å². The first-order chi connectivity index (χ1) is 35.5. The van der Waals surface area contributed by atoms with Crippen LogP contribution in [0.1, 0.15) is 25.0 Å². The van der Waals surface area contributed by atoms with Crippen LogP contribution in [0.2, 0.25) is 0 Å². The molecule has 0 saturated heterocycles. The first-order valence-corrected chi connectivity index (χ1v) is 24.6. The van der Waals surface area contributed by atoms with Gasteiger partial charge in [-0.2, -0.15) is 9.97 Å². The summed E-state index contributed by atoms with van der Waals surface area (Å²) in [5.41, 5.74) is 18.6. The summed E-state index contributed by atoms with van der Waals surface area (Å²) < 4.78 is 11.3. The van der Waals surface area contributed by atoms with Crippen LogP contribution in [0.3, 0.4) is 0 Å². The van der Waals surface area contributed by atoms with E-state index in [4.69, 9.17) is 19.4 Å². The number of para-hydroxylation sites is 2. The molecule has 10 aromatic carbocycles. The molecule has 0 aliphatic heterocycles. The molecule has 6 heteroatoms. The number of hydrogen-bond acceptors (Lipinski definition) is 4. The number of hydrogen-bond donors (Lipinski definition) is 0. The summed E-state index contributed by atoms with van der Waals surface area (Å²) in [5, 5.41) is 6.89. The topological polar surface area (TPSA) is 61.7 Å². The molecule has 0 fully saturated rings. The number of rotatable bonds is 6. The summed E-state index contributed by atoms with van der Waals surface area (Å²) >= 11 is 0. The summed E-state index contributed by atoms with van der Waals surface area (Å²) in [4.78, 5) is 15.8. The Bertz CT molecular complexity index is 4470. The second kappa shape index (κ2) is 15.3. The van der Waals surface area contributed by atoms with E-state index in [-0.39, 0.29) is 5.41 Å². The fourth-order valence-corrected chi connectivity index (χ4v) is 11.8. The quantitative estimate of drug-likeness (QED) is 0.167. The number of fused-ring (bicyclic) bond motifs is 13. The van der Waals surface area contributed by atoms with Crippen LogP contribution in [0.25, 0.3) is 133 Å². The van der Waals surface area contributed by atoms with Gasteiger partial charge in [-0.25, -0.2) is 4.98 Å². The molecule has 14 aromatic rings. The van der Waals surface area contributed by atoms with Gasteiger partial charge >= 0.3 is 0 Å². The molecule has 6 nitrogen and oxygen atoms in total. The highest BCUT2D eigenvalue weighted by Crippen LogP contribution is 2.53. The van der Waals surface area contributed by atoms with Crippen molar-refractivity contribution in [1.29, 1.82) is 0 Å². The van der Waals surface area contributed by atoms with Crippen molar-refractivity contribution >= 4 is 65.6 Å². The molecule has 0 saturated carbocycles. The molecule has 4 heterocycles. The lowest BCUT2D eigenvalue weighted by Crippen LogP contribution is -2.14. The van der Waals surface area contributed by atoms with E-state index >= 15 is 0 Å². The molecule has 0 spiro atoms. The van der Waals surface area contributed by atoms with Crippen LogP contribution < -0.4 is 0 Å². The van der Waals surface area contributed by atoms with Crippen LogP contribution in [-0.4, -0.2) is 24.1 Å². The summed E-state index contributed by atoms with van der Waals surface area (Å²) in [5.74, 6) is 1.82. The molecule has 72 heavy (non-hydrogen) atoms. The van der Waals surface area contributed by atoms with Crippen LogP contribution >= 0.6 is 0 Å². The highest BCUT2D eigenvalue weighted by Gasteiger charge is 2.38. The molecule has 15 rings (SSSR count). The minimum atomic E-state index is -0.204. The first-order valence-electron chi connectivity index (χ1n) is 24.6. The van der Waals surface area contributed by atoms with E-state index in [0.717, 1.165) is 82.8 Å². The lowest BCUT2D eigenvalue weighted by Gasteiger charge is -2.21. The fraction of sp³-hybridized carbons (Fsp3) is 0.0455. The van der Waals surface area contributed by atoms with Crippen LogP contribution in [0.15, 0.2) is 229 Å². The highest BCUT2D eigenvalue weighted by molar-refractivity contribution is 6.18. The van der Waals surface area contributed by atoms with Crippen molar-refractivity contribution in [3.05, 3.63) is 236 Å². The number of furan rings is 1. The first kappa shape index (κ1) is 40.5. The largest absolute Gasteiger partial charge is 0.456 e. The molecule has 0 atom stereocenters. The van der Waals surface area contributed by atoms with Crippen LogP contribution in [-0.2, 0) is 5.41 Å². The van der Waals surface area contributed by atoms with Crippen LogP contribution in [0, 0.1) is 0 Å². The molecular formula is C66H43N5O. The van der Waals surface area contributed by atoms with Gasteiger partial charge in [-0.1, -0.05) is 178 Å². The van der Waals surface area contributed by atoms with E-state index in [9.17, 15) is 0 Å². The van der Waals surface area contributed by atoms with Gasteiger partial charge < -0.3 is 8.98 Å². The highest BCUT2D eigenvalue weighted by atomic mass is 16.3. The molecule has 4 aromatic heterocycles. The predicted molar refractivity (Wildman–Crippen MR) is 295 cm³/mol. The Labute approximate surface area is 414 Å². The Hall–Kier alpha value is -9.39. The summed E-state index contributed by atoms with van der Waals surface area (Å²) in [6.07, 6.45) is 0. The zero-order chi connectivity index (χ0) is 47.7. The van der Waals surface area contributed by atoms with Gasteiger partial charge in [0, 0.05) is 60.1 Å². The molecule has 0 amide bonds. The van der Waals surface area contributed by atoms with Crippen LogP contribution in [0.5, 0.6) is 0 Å². The van der Waals surface area contributed by atoms with Crippen molar-refractivity contribution in [3.8, 4) is 67.8 Å². The van der Waals surface area contributed by atoms with E-state index in [1.165, 1.54) is 44.1 Å². The Balaban J connectivity index is 0.940. The predicted octanol–water partition coefficient (Wildman–Crippen LogP) is 16.9. The number of benzene rings is 10. The molecule has 1 aliphatic rings. The molecule has 0 unspecified atom stereocenters. The lowest BCUT2D eigenvalue weighted by atomic mass is 9.82. The zero-order valence-corrected chi connectivity index (χ0v) is 39.5. The smallest absolute Gasteiger partial charge is 0.238 e. The maximum absolute atomic E-state index is 6.65. The maximum atomic E-state index is 6.65. The average molecular weight is 922 g/mol. The van der Waals surface area contributed by atoms with Crippen molar-refractivity contribution in [3.63, 3.8) is 0 Å². The summed E-state index contributed by atoms with van der Waals surface area (Å²) in [6, 6.07) is 80.1.